The van der Waals surface area contributed by atoms with E-state index < -0.39 is 10.0 Å². The molecule has 0 atom stereocenters. The second-order valence-electron chi connectivity index (χ2n) is 6.53. The highest BCUT2D eigenvalue weighted by atomic mass is 32.2. The Balaban J connectivity index is 1.52. The average molecular weight is 454 g/mol. The minimum atomic E-state index is -3.75. The van der Waals surface area contributed by atoms with E-state index in [1.807, 2.05) is 13.0 Å². The molecule has 0 fully saturated rings. The summed E-state index contributed by atoms with van der Waals surface area (Å²) in [5.41, 5.74) is 1.61. The van der Waals surface area contributed by atoms with Gasteiger partial charge < -0.3 is 4.74 Å². The van der Waals surface area contributed by atoms with Crippen LogP contribution in [0.5, 0.6) is 5.75 Å². The Kier molecular flexibility index (Phi) is 5.88. The highest BCUT2D eigenvalue weighted by Gasteiger charge is 2.16. The minimum absolute atomic E-state index is 0.135. The van der Waals surface area contributed by atoms with Crippen LogP contribution >= 0.6 is 11.3 Å². The van der Waals surface area contributed by atoms with Gasteiger partial charge in [-0.25, -0.2) is 13.4 Å². The molecule has 9 heteroatoms. The van der Waals surface area contributed by atoms with Gasteiger partial charge in [-0.15, -0.1) is 0 Å². The van der Waals surface area contributed by atoms with Crippen molar-refractivity contribution >= 4 is 48.3 Å². The summed E-state index contributed by atoms with van der Waals surface area (Å²) in [6, 6.07) is 20.1. The lowest BCUT2D eigenvalue weighted by Crippen LogP contribution is -2.12. The number of nitrogens with one attached hydrogen (secondary N) is 2. The molecule has 0 saturated carbocycles. The SMILES string of the molecule is CCOc1ccc(S(=O)(=O)Nc2ccc3nc(NC(=O)c4ccccc4)sc3c2)cc1. The molecule has 0 aliphatic heterocycles. The van der Waals surface area contributed by atoms with Crippen LogP contribution in [-0.2, 0) is 10.0 Å². The smallest absolute Gasteiger partial charge is 0.261 e. The molecule has 1 aromatic heterocycles. The van der Waals surface area contributed by atoms with Crippen molar-refractivity contribution in [1.29, 1.82) is 0 Å². The zero-order valence-corrected chi connectivity index (χ0v) is 18.2. The second kappa shape index (κ2) is 8.75. The number of thiazole rings is 1. The Labute approximate surface area is 183 Å². The first kappa shape index (κ1) is 20.8. The van der Waals surface area contributed by atoms with E-state index in [1.165, 1.54) is 23.5 Å². The Bertz CT molecular complexity index is 1320. The van der Waals surface area contributed by atoms with Gasteiger partial charge >= 0.3 is 0 Å². The summed E-state index contributed by atoms with van der Waals surface area (Å²) in [6.45, 7) is 2.37. The van der Waals surface area contributed by atoms with E-state index in [2.05, 4.69) is 15.0 Å². The standard InChI is InChI=1S/C22H19N3O4S2/c1-2-29-17-9-11-18(12-10-17)31(27,28)25-16-8-13-19-20(14-16)30-22(23-19)24-21(26)15-6-4-3-5-7-15/h3-14,25H,2H2,1H3,(H,23,24,26). The predicted molar refractivity (Wildman–Crippen MR) is 122 cm³/mol. The molecular formula is C22H19N3O4S2. The van der Waals surface area contributed by atoms with Gasteiger partial charge in [0, 0.05) is 5.56 Å². The Hall–Kier alpha value is -3.43. The van der Waals surface area contributed by atoms with Crippen molar-refractivity contribution in [3.05, 3.63) is 78.4 Å². The molecule has 3 aromatic carbocycles. The molecule has 1 heterocycles. The van der Waals surface area contributed by atoms with Crippen molar-refractivity contribution in [2.75, 3.05) is 16.6 Å². The first-order valence-electron chi connectivity index (χ1n) is 9.47. The van der Waals surface area contributed by atoms with Crippen LogP contribution < -0.4 is 14.8 Å². The van der Waals surface area contributed by atoms with Crippen LogP contribution in [0.2, 0.25) is 0 Å². The van der Waals surface area contributed by atoms with Gasteiger partial charge in [0.25, 0.3) is 15.9 Å². The van der Waals surface area contributed by atoms with Crippen LogP contribution in [0, 0.1) is 0 Å². The maximum atomic E-state index is 12.7. The molecule has 2 N–H and O–H groups in total. The number of carbonyl (C=O) groups is 1. The van der Waals surface area contributed by atoms with Gasteiger partial charge in [-0.05, 0) is 61.5 Å². The summed E-state index contributed by atoms with van der Waals surface area (Å²) >= 11 is 1.27. The molecule has 0 aliphatic carbocycles. The molecular weight excluding hydrogens is 434 g/mol. The average Bonchev–Trinajstić information content (AvgIpc) is 3.16. The van der Waals surface area contributed by atoms with Crippen molar-refractivity contribution in [1.82, 2.24) is 4.98 Å². The normalized spacial score (nSPS) is 11.3. The summed E-state index contributed by atoms with van der Waals surface area (Å²) in [4.78, 5) is 16.9. The Morgan fingerprint density at radius 2 is 1.77 bits per heavy atom. The third-order valence-electron chi connectivity index (χ3n) is 4.34. The fourth-order valence-electron chi connectivity index (χ4n) is 2.90. The van der Waals surface area contributed by atoms with E-state index in [9.17, 15) is 13.2 Å². The van der Waals surface area contributed by atoms with E-state index >= 15 is 0 Å². The van der Waals surface area contributed by atoms with Crippen LogP contribution in [0.1, 0.15) is 17.3 Å². The molecule has 158 valence electrons. The lowest BCUT2D eigenvalue weighted by atomic mass is 10.2. The van der Waals surface area contributed by atoms with Crippen LogP contribution in [0.3, 0.4) is 0 Å². The van der Waals surface area contributed by atoms with E-state index in [0.29, 0.717) is 34.3 Å². The van der Waals surface area contributed by atoms with Gasteiger partial charge in [0.05, 0.1) is 27.4 Å². The number of sulfonamides is 1. The number of benzene rings is 3. The molecule has 0 saturated heterocycles. The van der Waals surface area contributed by atoms with E-state index in [-0.39, 0.29) is 10.8 Å². The molecule has 0 aliphatic rings. The molecule has 4 rings (SSSR count). The van der Waals surface area contributed by atoms with Gasteiger partial charge in [-0.1, -0.05) is 29.5 Å². The third-order valence-corrected chi connectivity index (χ3v) is 6.67. The molecule has 0 bridgehead atoms. The highest BCUT2D eigenvalue weighted by Crippen LogP contribution is 2.29. The Morgan fingerprint density at radius 1 is 1.03 bits per heavy atom. The molecule has 31 heavy (non-hydrogen) atoms. The van der Waals surface area contributed by atoms with Crippen molar-refractivity contribution in [3.63, 3.8) is 0 Å². The van der Waals surface area contributed by atoms with E-state index in [4.69, 9.17) is 4.74 Å². The summed E-state index contributed by atoms with van der Waals surface area (Å²) in [5.74, 6) is 0.355. The number of amides is 1. The quantitative estimate of drug-likeness (QED) is 0.421. The third kappa shape index (κ3) is 4.84. The number of nitrogens with zero attached hydrogens (tertiary/aromatic N) is 1. The van der Waals surface area contributed by atoms with Gasteiger partial charge in [-0.2, -0.15) is 0 Å². The number of carbonyl (C=O) groups excluding carboxylic acids is 1. The van der Waals surface area contributed by atoms with Crippen molar-refractivity contribution in [2.24, 2.45) is 0 Å². The molecule has 1 amide bonds. The fraction of sp³-hybridized carbons (Fsp3) is 0.0909. The largest absolute Gasteiger partial charge is 0.494 e. The molecule has 4 aromatic rings. The number of rotatable bonds is 7. The van der Waals surface area contributed by atoms with Crippen molar-refractivity contribution in [3.8, 4) is 5.75 Å². The zero-order chi connectivity index (χ0) is 21.8. The second-order valence-corrected chi connectivity index (χ2v) is 9.24. The molecule has 0 spiro atoms. The first-order chi connectivity index (χ1) is 14.9. The summed E-state index contributed by atoms with van der Waals surface area (Å²) in [5, 5.41) is 3.21. The van der Waals surface area contributed by atoms with Crippen LogP contribution in [0.4, 0.5) is 10.8 Å². The van der Waals surface area contributed by atoms with Crippen LogP contribution in [-0.4, -0.2) is 25.9 Å². The maximum absolute atomic E-state index is 12.7. The predicted octanol–water partition coefficient (Wildman–Crippen LogP) is 4.75. The lowest BCUT2D eigenvalue weighted by Gasteiger charge is -2.09. The molecule has 0 radical (unpaired) electrons. The number of hydrogen-bond acceptors (Lipinski definition) is 6. The van der Waals surface area contributed by atoms with Gasteiger partial charge in [0.15, 0.2) is 5.13 Å². The summed E-state index contributed by atoms with van der Waals surface area (Å²) in [6.07, 6.45) is 0. The molecule has 7 nitrogen and oxygen atoms in total. The maximum Gasteiger partial charge on any atom is 0.261 e. The lowest BCUT2D eigenvalue weighted by molar-refractivity contribution is 0.102. The number of aromatic nitrogens is 1. The topological polar surface area (TPSA) is 97.4 Å². The first-order valence-corrected chi connectivity index (χ1v) is 11.8. The minimum Gasteiger partial charge on any atom is -0.494 e. The van der Waals surface area contributed by atoms with Crippen molar-refractivity contribution < 1.29 is 17.9 Å². The molecule has 0 unspecified atom stereocenters. The summed E-state index contributed by atoms with van der Waals surface area (Å²) in [7, 11) is -3.75. The highest BCUT2D eigenvalue weighted by molar-refractivity contribution is 7.92. The van der Waals surface area contributed by atoms with Gasteiger partial charge in [0.1, 0.15) is 5.75 Å². The number of hydrogen-bond donors (Lipinski definition) is 2. The van der Waals surface area contributed by atoms with E-state index in [0.717, 1.165) is 4.70 Å². The van der Waals surface area contributed by atoms with E-state index in [1.54, 1.807) is 54.6 Å². The monoisotopic (exact) mass is 453 g/mol. The van der Waals surface area contributed by atoms with Gasteiger partial charge in [0.2, 0.25) is 0 Å². The van der Waals surface area contributed by atoms with Crippen molar-refractivity contribution in [2.45, 2.75) is 11.8 Å². The Morgan fingerprint density at radius 3 is 2.48 bits per heavy atom. The fourth-order valence-corrected chi connectivity index (χ4v) is 4.85. The van der Waals surface area contributed by atoms with Crippen LogP contribution in [0.25, 0.3) is 10.2 Å². The number of fused-ring (bicyclic) bond motifs is 1. The van der Waals surface area contributed by atoms with Crippen LogP contribution in [0.15, 0.2) is 77.7 Å². The summed E-state index contributed by atoms with van der Waals surface area (Å²) < 4.78 is 34.1. The van der Waals surface area contributed by atoms with Gasteiger partial charge in [-0.3, -0.25) is 14.8 Å². The zero-order valence-electron chi connectivity index (χ0n) is 16.5. The number of ether oxygens (including phenoxy) is 1. The number of anilines is 2.